The number of hydrogen-bond donors (Lipinski definition) is 3. The fraction of sp³-hybridized carbons (Fsp3) is 0.433. The Hall–Kier alpha value is -1.87. The number of hydrogen-bond acceptors (Lipinski definition) is 6. The fourth-order valence-electron chi connectivity index (χ4n) is 5.23. The van der Waals surface area contributed by atoms with Crippen LogP contribution in [0.5, 0.6) is 0 Å². The van der Waals surface area contributed by atoms with Crippen molar-refractivity contribution < 1.29 is 15.0 Å². The second-order valence-corrected chi connectivity index (χ2v) is 14.1. The molecular weight excluding hydrogens is 536 g/mol. The van der Waals surface area contributed by atoms with Gasteiger partial charge in [-0.3, -0.25) is 4.79 Å². The maximum absolute atomic E-state index is 10.8. The third kappa shape index (κ3) is 8.31. The van der Waals surface area contributed by atoms with Gasteiger partial charge in [-0.05, 0) is 92.8 Å². The van der Waals surface area contributed by atoms with E-state index in [-0.39, 0.29) is 12.0 Å². The summed E-state index contributed by atoms with van der Waals surface area (Å²) in [6.07, 6.45) is 3.52. The molecule has 0 unspecified atom stereocenters. The molecule has 0 bridgehead atoms. The van der Waals surface area contributed by atoms with Crippen LogP contribution in [0, 0.1) is 5.92 Å². The van der Waals surface area contributed by atoms with Gasteiger partial charge in [0.25, 0.3) is 0 Å². The Bertz CT molecular complexity index is 1200. The van der Waals surface area contributed by atoms with E-state index in [1.54, 1.807) is 11.9 Å². The fourth-order valence-corrected chi connectivity index (χ4v) is 7.92. The van der Waals surface area contributed by atoms with E-state index < -0.39 is 12.1 Å². The number of halogens is 1. The maximum atomic E-state index is 10.8. The van der Waals surface area contributed by atoms with Crippen molar-refractivity contribution in [2.45, 2.75) is 61.8 Å². The summed E-state index contributed by atoms with van der Waals surface area (Å²) in [6.45, 7) is 5.54. The van der Waals surface area contributed by atoms with Gasteiger partial charge in [0.05, 0.1) is 10.3 Å². The molecule has 0 aliphatic heterocycles. The van der Waals surface area contributed by atoms with Gasteiger partial charge in [0, 0.05) is 30.6 Å². The normalized spacial score (nSPS) is 14.7. The van der Waals surface area contributed by atoms with E-state index in [1.807, 2.05) is 35.6 Å². The monoisotopic (exact) mass is 572 g/mol. The minimum atomic E-state index is -0.791. The molecule has 1 atom stereocenters. The first-order chi connectivity index (χ1) is 18.1. The van der Waals surface area contributed by atoms with E-state index in [0.29, 0.717) is 25.4 Å². The lowest BCUT2D eigenvalue weighted by Crippen LogP contribution is -2.46. The van der Waals surface area contributed by atoms with E-state index >= 15 is 0 Å². The molecule has 3 aromatic rings. The quantitative estimate of drug-likeness (QED) is 0.201. The molecule has 1 aliphatic rings. The highest BCUT2D eigenvalue weighted by atomic mass is 35.5. The zero-order valence-corrected chi connectivity index (χ0v) is 24.6. The van der Waals surface area contributed by atoms with Gasteiger partial charge in [-0.2, -0.15) is 0 Å². The van der Waals surface area contributed by atoms with Gasteiger partial charge >= 0.3 is 5.97 Å². The van der Waals surface area contributed by atoms with Crippen molar-refractivity contribution in [2.24, 2.45) is 5.92 Å². The topological polar surface area (TPSA) is 72.8 Å². The molecule has 4 rings (SSSR count). The number of carboxylic acids is 1. The average Bonchev–Trinajstić information content (AvgIpc) is 3.43. The number of β-amino-alcohol motifs (C(OH)–C–C–N with tert-alkyl or cyclic N) is 1. The summed E-state index contributed by atoms with van der Waals surface area (Å²) >= 11 is 9.67. The number of benzene rings is 2. The lowest BCUT2D eigenvalue weighted by atomic mass is 9.88. The second-order valence-electron chi connectivity index (χ2n) is 10.9. The molecule has 204 valence electrons. The van der Waals surface area contributed by atoms with Crippen molar-refractivity contribution >= 4 is 40.9 Å². The molecule has 0 saturated carbocycles. The van der Waals surface area contributed by atoms with E-state index in [1.165, 1.54) is 22.5 Å². The number of rotatable bonds is 13. The van der Waals surface area contributed by atoms with Gasteiger partial charge in [0.15, 0.2) is 0 Å². The average molecular weight is 573 g/mol. The molecule has 38 heavy (non-hydrogen) atoms. The predicted octanol–water partition coefficient (Wildman–Crippen LogP) is 6.56. The highest BCUT2D eigenvalue weighted by Gasteiger charge is 2.28. The van der Waals surface area contributed by atoms with Crippen LogP contribution in [0.1, 0.15) is 43.4 Å². The van der Waals surface area contributed by atoms with Crippen molar-refractivity contribution in [1.29, 1.82) is 0 Å². The van der Waals surface area contributed by atoms with Gasteiger partial charge in [-0.15, -0.1) is 11.3 Å². The van der Waals surface area contributed by atoms with Crippen LogP contribution in [0.2, 0.25) is 4.34 Å². The number of aliphatic carboxylic acids is 1. The predicted molar refractivity (Wildman–Crippen MR) is 159 cm³/mol. The summed E-state index contributed by atoms with van der Waals surface area (Å²) in [7, 11) is 1.99. The van der Waals surface area contributed by atoms with Crippen LogP contribution in [0.15, 0.2) is 58.8 Å². The molecule has 1 aliphatic carbocycles. The van der Waals surface area contributed by atoms with Gasteiger partial charge < -0.3 is 15.5 Å². The van der Waals surface area contributed by atoms with Crippen molar-refractivity contribution in [1.82, 2.24) is 9.62 Å². The standard InChI is InChI=1S/C30H37ClN2O3S2/c1-30(2,17-21-14-23-6-4-5-7-24(23)15-21)32-18-25(34)19-33(3)38-28-16-26(29(31)37-28)22-11-8-20(9-12-22)10-13-27(35)36/h4-9,11-12,16,21,25,32,34H,10,13-15,17-19H2,1-3H3,(H,35,36)/t25-/m1/s1. The van der Waals surface area contributed by atoms with Crippen LogP contribution in [-0.2, 0) is 24.1 Å². The lowest BCUT2D eigenvalue weighted by molar-refractivity contribution is -0.136. The number of thiophene rings is 1. The Morgan fingerprint density at radius 3 is 2.47 bits per heavy atom. The van der Waals surface area contributed by atoms with Gasteiger partial charge in [0.1, 0.15) is 4.34 Å². The van der Waals surface area contributed by atoms with Gasteiger partial charge in [-0.25, -0.2) is 4.31 Å². The number of aliphatic hydroxyl groups is 1. The van der Waals surface area contributed by atoms with Gasteiger partial charge in [-0.1, -0.05) is 60.1 Å². The van der Waals surface area contributed by atoms with E-state index in [9.17, 15) is 9.90 Å². The maximum Gasteiger partial charge on any atom is 0.303 e. The minimum absolute atomic E-state index is 0.0429. The Balaban J connectivity index is 1.23. The van der Waals surface area contributed by atoms with Crippen LogP contribution in [0.25, 0.3) is 11.1 Å². The number of fused-ring (bicyclic) bond motifs is 1. The Morgan fingerprint density at radius 2 is 1.84 bits per heavy atom. The summed E-state index contributed by atoms with van der Waals surface area (Å²) in [5.74, 6) is -0.148. The SMILES string of the molecule is CN(C[C@H](O)CNC(C)(C)CC1Cc2ccccc2C1)Sc1cc(-c2ccc(CCC(=O)O)cc2)c(Cl)s1. The summed E-state index contributed by atoms with van der Waals surface area (Å²) in [5.41, 5.74) is 5.90. The molecular formula is C30H37ClN2O3S2. The van der Waals surface area contributed by atoms with E-state index in [0.717, 1.165) is 44.5 Å². The molecule has 8 heteroatoms. The number of nitrogens with zero attached hydrogens (tertiary/aromatic N) is 1. The third-order valence-corrected chi connectivity index (χ3v) is 9.41. The third-order valence-electron chi connectivity index (χ3n) is 7.02. The number of aliphatic hydroxyl groups excluding tert-OH is 1. The molecule has 0 fully saturated rings. The first-order valence-corrected chi connectivity index (χ1v) is 15.0. The van der Waals surface area contributed by atoms with Crippen molar-refractivity contribution in [3.05, 3.63) is 75.6 Å². The first-order valence-electron chi connectivity index (χ1n) is 13.1. The van der Waals surface area contributed by atoms with Crippen LogP contribution in [0.3, 0.4) is 0 Å². The molecule has 0 amide bonds. The summed E-state index contributed by atoms with van der Waals surface area (Å²) in [5, 5.41) is 23.2. The second kappa shape index (κ2) is 13.0. The lowest BCUT2D eigenvalue weighted by Gasteiger charge is -2.31. The number of aryl methyl sites for hydroxylation is 1. The molecule has 3 N–H and O–H groups in total. The Kier molecular flexibility index (Phi) is 9.95. The van der Waals surface area contributed by atoms with Crippen LogP contribution in [0.4, 0.5) is 0 Å². The van der Waals surface area contributed by atoms with Gasteiger partial charge in [0.2, 0.25) is 0 Å². The molecule has 1 heterocycles. The van der Waals surface area contributed by atoms with Crippen LogP contribution < -0.4 is 5.32 Å². The number of likely N-dealkylation sites (N-methyl/N-ethyl adjacent to an activating group) is 1. The minimum Gasteiger partial charge on any atom is -0.481 e. The molecule has 2 aromatic carbocycles. The largest absolute Gasteiger partial charge is 0.481 e. The first kappa shape index (κ1) is 29.1. The van der Waals surface area contributed by atoms with Crippen LogP contribution in [-0.4, -0.2) is 52.3 Å². The van der Waals surface area contributed by atoms with E-state index in [2.05, 4.69) is 49.5 Å². The summed E-state index contributed by atoms with van der Waals surface area (Å²) in [6, 6.07) is 18.7. The zero-order chi connectivity index (χ0) is 27.3. The van der Waals surface area contributed by atoms with Crippen molar-refractivity contribution in [2.75, 3.05) is 20.1 Å². The smallest absolute Gasteiger partial charge is 0.303 e. The Morgan fingerprint density at radius 1 is 1.18 bits per heavy atom. The molecule has 0 spiro atoms. The molecule has 1 aromatic heterocycles. The van der Waals surface area contributed by atoms with Crippen molar-refractivity contribution in [3.63, 3.8) is 0 Å². The molecule has 5 nitrogen and oxygen atoms in total. The summed E-state index contributed by atoms with van der Waals surface area (Å²) < 4.78 is 3.83. The van der Waals surface area contributed by atoms with Crippen molar-refractivity contribution in [3.8, 4) is 11.1 Å². The Labute approximate surface area is 239 Å². The van der Waals surface area contributed by atoms with Crippen LogP contribution >= 0.6 is 34.9 Å². The highest BCUT2D eigenvalue weighted by molar-refractivity contribution is 7.99. The van der Waals surface area contributed by atoms with E-state index in [4.69, 9.17) is 16.7 Å². The number of nitrogens with one attached hydrogen (secondary N) is 1. The zero-order valence-electron chi connectivity index (χ0n) is 22.2. The number of carboxylic acid groups (broad SMARTS) is 1. The highest BCUT2D eigenvalue weighted by Crippen LogP contribution is 2.41. The molecule has 0 saturated heterocycles. The molecule has 0 radical (unpaired) electrons. The summed E-state index contributed by atoms with van der Waals surface area (Å²) in [4.78, 5) is 10.8. The number of carbonyl (C=O) groups is 1.